The number of thiazole rings is 1. The summed E-state index contributed by atoms with van der Waals surface area (Å²) in [5, 5.41) is 18.0. The third-order valence-electron chi connectivity index (χ3n) is 2.88. The Labute approximate surface area is 123 Å². The van der Waals surface area contributed by atoms with Gasteiger partial charge in [0.15, 0.2) is 11.3 Å². The van der Waals surface area contributed by atoms with E-state index < -0.39 is 4.92 Å². The second kappa shape index (κ2) is 5.44. The summed E-state index contributed by atoms with van der Waals surface area (Å²) in [7, 11) is 0. The van der Waals surface area contributed by atoms with Crippen molar-refractivity contribution < 1.29 is 9.45 Å². The molecule has 0 spiro atoms. The zero-order chi connectivity index (χ0) is 14.8. The standard InChI is InChI=1S/C12H11N5O3S/c1-7-15-10(20-16-7)4-5-13-8-2-3-9-11(14-6-21-9)12(8)17(18)19/h2-3,6,13H,4-5H2,1H3. The van der Waals surface area contributed by atoms with Gasteiger partial charge in [0, 0.05) is 13.0 Å². The van der Waals surface area contributed by atoms with Gasteiger partial charge in [-0.2, -0.15) is 4.98 Å². The molecule has 21 heavy (non-hydrogen) atoms. The van der Waals surface area contributed by atoms with E-state index in [-0.39, 0.29) is 5.69 Å². The quantitative estimate of drug-likeness (QED) is 0.570. The Hall–Kier alpha value is -2.55. The van der Waals surface area contributed by atoms with Gasteiger partial charge in [0.05, 0.1) is 15.1 Å². The van der Waals surface area contributed by atoms with Gasteiger partial charge in [-0.05, 0) is 19.1 Å². The van der Waals surface area contributed by atoms with Gasteiger partial charge in [-0.1, -0.05) is 5.16 Å². The van der Waals surface area contributed by atoms with Crippen molar-refractivity contribution in [1.29, 1.82) is 0 Å². The molecule has 0 amide bonds. The van der Waals surface area contributed by atoms with Gasteiger partial charge in [0.2, 0.25) is 5.89 Å². The van der Waals surface area contributed by atoms with Crippen LogP contribution >= 0.6 is 11.3 Å². The molecule has 0 atom stereocenters. The number of aromatic nitrogens is 3. The fraction of sp³-hybridized carbons (Fsp3) is 0.250. The average molecular weight is 305 g/mol. The fourth-order valence-corrected chi connectivity index (χ4v) is 2.67. The molecule has 2 heterocycles. The summed E-state index contributed by atoms with van der Waals surface area (Å²) in [6.07, 6.45) is 0.493. The van der Waals surface area contributed by atoms with Gasteiger partial charge >= 0.3 is 5.69 Å². The monoisotopic (exact) mass is 305 g/mol. The number of rotatable bonds is 5. The fourth-order valence-electron chi connectivity index (χ4n) is 1.99. The van der Waals surface area contributed by atoms with Crippen molar-refractivity contribution in [2.45, 2.75) is 13.3 Å². The van der Waals surface area contributed by atoms with Gasteiger partial charge < -0.3 is 9.84 Å². The molecule has 0 radical (unpaired) electrons. The minimum Gasteiger partial charge on any atom is -0.379 e. The summed E-state index contributed by atoms with van der Waals surface area (Å²) < 4.78 is 5.78. The molecule has 0 aliphatic heterocycles. The SMILES string of the molecule is Cc1noc(CCNc2ccc3scnc3c2[N+](=O)[O-])n1. The summed E-state index contributed by atoms with van der Waals surface area (Å²) in [6.45, 7) is 2.19. The van der Waals surface area contributed by atoms with E-state index in [4.69, 9.17) is 4.52 Å². The first-order valence-corrected chi connectivity index (χ1v) is 7.07. The molecular weight excluding hydrogens is 294 g/mol. The summed E-state index contributed by atoms with van der Waals surface area (Å²) in [5.41, 5.74) is 2.44. The van der Waals surface area contributed by atoms with E-state index in [9.17, 15) is 10.1 Å². The van der Waals surface area contributed by atoms with Crippen LogP contribution in [-0.2, 0) is 6.42 Å². The maximum atomic E-state index is 11.3. The van der Waals surface area contributed by atoms with Gasteiger partial charge in [0.25, 0.3) is 0 Å². The third kappa shape index (κ3) is 2.68. The van der Waals surface area contributed by atoms with Crippen molar-refractivity contribution in [2.75, 3.05) is 11.9 Å². The first-order valence-electron chi connectivity index (χ1n) is 6.19. The van der Waals surface area contributed by atoms with Crippen LogP contribution in [0.5, 0.6) is 0 Å². The minimum absolute atomic E-state index is 0.00420. The number of benzene rings is 1. The van der Waals surface area contributed by atoms with Crippen molar-refractivity contribution >= 4 is 32.9 Å². The first kappa shape index (κ1) is 13.4. The van der Waals surface area contributed by atoms with Crippen molar-refractivity contribution in [3.05, 3.63) is 39.5 Å². The predicted molar refractivity (Wildman–Crippen MR) is 77.5 cm³/mol. The number of hydrogen-bond acceptors (Lipinski definition) is 8. The molecule has 1 N–H and O–H groups in total. The topological polar surface area (TPSA) is 107 Å². The summed E-state index contributed by atoms with van der Waals surface area (Å²) in [5.74, 6) is 1.07. The van der Waals surface area contributed by atoms with E-state index in [2.05, 4.69) is 20.4 Å². The summed E-state index contributed by atoms with van der Waals surface area (Å²) in [4.78, 5) is 19.0. The molecule has 0 aliphatic rings. The van der Waals surface area contributed by atoms with Gasteiger partial charge in [-0.3, -0.25) is 10.1 Å². The number of anilines is 1. The molecule has 9 heteroatoms. The number of nitro groups is 1. The molecule has 0 saturated heterocycles. The van der Waals surface area contributed by atoms with Gasteiger partial charge in [0.1, 0.15) is 5.69 Å². The Morgan fingerprint density at radius 3 is 3.05 bits per heavy atom. The van der Waals surface area contributed by atoms with Crippen LogP contribution in [0.25, 0.3) is 10.2 Å². The van der Waals surface area contributed by atoms with Crippen molar-refractivity contribution in [3.63, 3.8) is 0 Å². The van der Waals surface area contributed by atoms with Crippen LogP contribution in [0, 0.1) is 17.0 Å². The van der Waals surface area contributed by atoms with Crippen LogP contribution in [0.2, 0.25) is 0 Å². The Balaban J connectivity index is 1.80. The highest BCUT2D eigenvalue weighted by atomic mass is 32.1. The number of hydrogen-bond donors (Lipinski definition) is 1. The van der Waals surface area contributed by atoms with E-state index in [0.29, 0.717) is 35.9 Å². The molecule has 3 aromatic rings. The predicted octanol–water partition coefficient (Wildman–Crippen LogP) is 2.55. The summed E-state index contributed by atoms with van der Waals surface area (Å²) in [6, 6.07) is 3.51. The third-order valence-corrected chi connectivity index (χ3v) is 3.68. The molecule has 2 aromatic heterocycles. The van der Waals surface area contributed by atoms with Gasteiger partial charge in [-0.15, -0.1) is 11.3 Å². The van der Waals surface area contributed by atoms with Crippen LogP contribution in [-0.4, -0.2) is 26.6 Å². The van der Waals surface area contributed by atoms with E-state index in [1.807, 2.05) is 6.07 Å². The lowest BCUT2D eigenvalue weighted by molar-refractivity contribution is -0.382. The highest BCUT2D eigenvalue weighted by molar-refractivity contribution is 7.16. The molecule has 3 rings (SSSR count). The van der Waals surface area contributed by atoms with E-state index in [1.165, 1.54) is 11.3 Å². The van der Waals surface area contributed by atoms with Crippen LogP contribution in [0.15, 0.2) is 22.2 Å². The Bertz CT molecular complexity index is 797. The highest BCUT2D eigenvalue weighted by Crippen LogP contribution is 2.34. The highest BCUT2D eigenvalue weighted by Gasteiger charge is 2.20. The molecule has 0 aliphatic carbocycles. The molecule has 0 unspecified atom stereocenters. The smallest absolute Gasteiger partial charge is 0.319 e. The van der Waals surface area contributed by atoms with Crippen LogP contribution < -0.4 is 5.32 Å². The number of nitrogens with one attached hydrogen (secondary N) is 1. The first-order chi connectivity index (χ1) is 10.1. The van der Waals surface area contributed by atoms with E-state index >= 15 is 0 Å². The Morgan fingerprint density at radius 1 is 1.48 bits per heavy atom. The van der Waals surface area contributed by atoms with Crippen LogP contribution in [0.3, 0.4) is 0 Å². The Morgan fingerprint density at radius 2 is 2.33 bits per heavy atom. The number of fused-ring (bicyclic) bond motifs is 1. The van der Waals surface area contributed by atoms with Crippen molar-refractivity contribution in [2.24, 2.45) is 0 Å². The lowest BCUT2D eigenvalue weighted by Crippen LogP contribution is -2.07. The van der Waals surface area contributed by atoms with Crippen LogP contribution in [0.1, 0.15) is 11.7 Å². The van der Waals surface area contributed by atoms with Crippen molar-refractivity contribution in [1.82, 2.24) is 15.1 Å². The largest absolute Gasteiger partial charge is 0.379 e. The lowest BCUT2D eigenvalue weighted by atomic mass is 10.2. The van der Waals surface area contributed by atoms with Crippen LogP contribution in [0.4, 0.5) is 11.4 Å². The Kier molecular flexibility index (Phi) is 3.48. The molecule has 8 nitrogen and oxygen atoms in total. The molecule has 0 bridgehead atoms. The second-order valence-corrected chi connectivity index (χ2v) is 5.22. The van der Waals surface area contributed by atoms with Crippen molar-refractivity contribution in [3.8, 4) is 0 Å². The number of nitro benzene ring substituents is 1. The van der Waals surface area contributed by atoms with Gasteiger partial charge in [-0.25, -0.2) is 4.98 Å². The normalized spacial score (nSPS) is 10.9. The number of nitrogens with zero attached hydrogens (tertiary/aromatic N) is 4. The van der Waals surface area contributed by atoms with E-state index in [0.717, 1.165) is 4.70 Å². The van der Waals surface area contributed by atoms with E-state index in [1.54, 1.807) is 18.5 Å². The average Bonchev–Trinajstić information content (AvgIpc) is 3.06. The lowest BCUT2D eigenvalue weighted by Gasteiger charge is -2.05. The molecule has 108 valence electrons. The second-order valence-electron chi connectivity index (χ2n) is 4.33. The molecule has 1 aromatic carbocycles. The molecular formula is C12H11N5O3S. The number of aryl methyl sites for hydroxylation is 1. The zero-order valence-electron chi connectivity index (χ0n) is 11.1. The zero-order valence-corrected chi connectivity index (χ0v) is 11.9. The molecule has 0 saturated carbocycles. The minimum atomic E-state index is -0.415. The molecule has 0 fully saturated rings. The maximum Gasteiger partial charge on any atom is 0.319 e. The summed E-state index contributed by atoms with van der Waals surface area (Å²) >= 11 is 1.37. The maximum absolute atomic E-state index is 11.3.